The van der Waals surface area contributed by atoms with E-state index in [9.17, 15) is 0 Å². The van der Waals surface area contributed by atoms with Crippen LogP contribution in [0.4, 0.5) is 0 Å². The van der Waals surface area contributed by atoms with Crippen molar-refractivity contribution in [2.75, 3.05) is 0 Å². The molecule has 1 spiro atoms. The van der Waals surface area contributed by atoms with Gasteiger partial charge in [0.2, 0.25) is 0 Å². The molecule has 0 bridgehead atoms. The van der Waals surface area contributed by atoms with Crippen molar-refractivity contribution in [3.63, 3.8) is 0 Å². The minimum atomic E-state index is 0.119. The highest BCUT2D eigenvalue weighted by Crippen LogP contribution is 2.71. The molecule has 47 heavy (non-hydrogen) atoms. The normalized spacial score (nSPS) is 41.1. The largest absolute Gasteiger partial charge is 0.486 e. The zero-order valence-corrected chi connectivity index (χ0v) is 28.3. The molecule has 9 aliphatic carbocycles. The molecule has 9 atom stereocenters. The average Bonchev–Trinajstić information content (AvgIpc) is 3.43. The number of hydrogen-bond donors (Lipinski definition) is 0. The molecule has 0 aromatic rings. The van der Waals surface area contributed by atoms with E-state index in [-0.39, 0.29) is 11.5 Å². The smallest absolute Gasteiger partial charge is 0.125 e. The standard InChI is InChI=1S/C45H53NO/c1-2-16-32(17-3-1)46(41-22-12-15-30-13-4-6-18-34(30)41)33-26-28-37-36(29-33)44-35-19-7-5-14-31(35)25-27-40(44)45(37)38-20-8-10-23-42(38)47-43-24-11-9-21-39(43)45/h2,8,10-12,15-17,20,22-24,29,31,34-35,38,40-42,44H,1,3-7,9,13-14,18-19,21,25-28H2. The van der Waals surface area contributed by atoms with Gasteiger partial charge in [-0.2, -0.15) is 0 Å². The van der Waals surface area contributed by atoms with Crippen molar-refractivity contribution in [2.45, 2.75) is 115 Å². The molecule has 0 N–H and O–H groups in total. The summed E-state index contributed by atoms with van der Waals surface area (Å²) < 4.78 is 6.90. The average molecular weight is 624 g/mol. The third kappa shape index (κ3) is 4.34. The van der Waals surface area contributed by atoms with Gasteiger partial charge in [-0.05, 0) is 136 Å². The first-order chi connectivity index (χ1) is 23.3. The second-order valence-electron chi connectivity index (χ2n) is 16.5. The molecule has 0 saturated heterocycles. The lowest BCUT2D eigenvalue weighted by Gasteiger charge is -2.56. The molecule has 10 rings (SSSR count). The van der Waals surface area contributed by atoms with E-state index in [0.29, 0.717) is 29.7 Å². The third-order valence-corrected chi connectivity index (χ3v) is 14.6. The van der Waals surface area contributed by atoms with Gasteiger partial charge in [0.05, 0.1) is 6.04 Å². The Bertz CT molecular complexity index is 1630. The van der Waals surface area contributed by atoms with Gasteiger partial charge >= 0.3 is 0 Å². The molecule has 0 aromatic carbocycles. The van der Waals surface area contributed by atoms with Gasteiger partial charge < -0.3 is 9.64 Å². The Morgan fingerprint density at radius 2 is 1.66 bits per heavy atom. The molecule has 0 amide bonds. The quantitative estimate of drug-likeness (QED) is 0.310. The van der Waals surface area contributed by atoms with Crippen LogP contribution in [0.2, 0.25) is 0 Å². The molecule has 3 saturated carbocycles. The second-order valence-corrected chi connectivity index (χ2v) is 16.5. The first-order valence-corrected chi connectivity index (χ1v) is 19.7. The predicted octanol–water partition coefficient (Wildman–Crippen LogP) is 11.1. The van der Waals surface area contributed by atoms with Gasteiger partial charge in [0.1, 0.15) is 11.9 Å². The summed E-state index contributed by atoms with van der Waals surface area (Å²) in [7, 11) is 0. The van der Waals surface area contributed by atoms with Crippen LogP contribution in [-0.2, 0) is 4.74 Å². The van der Waals surface area contributed by atoms with Crippen LogP contribution in [-0.4, -0.2) is 17.0 Å². The van der Waals surface area contributed by atoms with Gasteiger partial charge in [0.15, 0.2) is 0 Å². The molecule has 10 aliphatic rings. The van der Waals surface area contributed by atoms with Crippen LogP contribution in [0.1, 0.15) is 103 Å². The monoisotopic (exact) mass is 623 g/mol. The summed E-state index contributed by atoms with van der Waals surface area (Å²) in [6.45, 7) is 0. The van der Waals surface area contributed by atoms with Crippen molar-refractivity contribution >= 4 is 0 Å². The van der Waals surface area contributed by atoms with Crippen molar-refractivity contribution in [2.24, 2.45) is 40.9 Å². The zero-order valence-electron chi connectivity index (χ0n) is 28.3. The lowest BCUT2D eigenvalue weighted by molar-refractivity contribution is -0.0226. The molecule has 2 nitrogen and oxygen atoms in total. The zero-order chi connectivity index (χ0) is 31.0. The predicted molar refractivity (Wildman–Crippen MR) is 192 cm³/mol. The molecule has 244 valence electrons. The van der Waals surface area contributed by atoms with Crippen LogP contribution in [0.3, 0.4) is 0 Å². The number of hydrogen-bond acceptors (Lipinski definition) is 2. The lowest BCUT2D eigenvalue weighted by atomic mass is 9.50. The van der Waals surface area contributed by atoms with E-state index in [1.54, 1.807) is 22.4 Å². The summed E-state index contributed by atoms with van der Waals surface area (Å²) >= 11 is 0. The van der Waals surface area contributed by atoms with Crippen molar-refractivity contribution < 1.29 is 4.74 Å². The lowest BCUT2D eigenvalue weighted by Crippen LogP contribution is -2.51. The highest BCUT2D eigenvalue weighted by Gasteiger charge is 2.65. The first kappa shape index (κ1) is 29.0. The van der Waals surface area contributed by atoms with Crippen molar-refractivity contribution in [1.82, 2.24) is 4.90 Å². The van der Waals surface area contributed by atoms with Crippen LogP contribution >= 0.6 is 0 Å². The summed E-state index contributed by atoms with van der Waals surface area (Å²) in [5.74, 6) is 5.47. The van der Waals surface area contributed by atoms with Gasteiger partial charge in [-0.15, -0.1) is 0 Å². The molecule has 0 aromatic heterocycles. The minimum Gasteiger partial charge on any atom is -0.486 e. The number of nitrogens with zero attached hydrogens (tertiary/aromatic N) is 1. The van der Waals surface area contributed by atoms with Crippen molar-refractivity contribution in [3.05, 3.63) is 118 Å². The SMILES string of the molecule is C1=CC2OC3=C(CCC=C3)C3(C4=C(C=C(N(C5=CCCC=C5)C5C=CC=C6CCCCC65)CC4)C4C5CCCCC5CCC43)C2C=C1. The summed E-state index contributed by atoms with van der Waals surface area (Å²) in [4.78, 5) is 2.87. The number of fused-ring (bicyclic) bond motifs is 10. The molecule has 2 heteroatoms. The van der Waals surface area contributed by atoms with Gasteiger partial charge in [0, 0.05) is 28.6 Å². The fourth-order valence-electron chi connectivity index (χ4n) is 12.9. The topological polar surface area (TPSA) is 12.5 Å². The van der Waals surface area contributed by atoms with Gasteiger partial charge in [0.25, 0.3) is 0 Å². The molecule has 0 radical (unpaired) electrons. The fraction of sp³-hybridized carbons (Fsp3) is 0.556. The molecule has 9 unspecified atom stereocenters. The van der Waals surface area contributed by atoms with Crippen LogP contribution in [0.15, 0.2) is 118 Å². The Balaban J connectivity index is 1.16. The second kappa shape index (κ2) is 11.6. The van der Waals surface area contributed by atoms with E-state index < -0.39 is 0 Å². The van der Waals surface area contributed by atoms with Gasteiger partial charge in [-0.25, -0.2) is 0 Å². The van der Waals surface area contributed by atoms with Crippen molar-refractivity contribution in [3.8, 4) is 0 Å². The van der Waals surface area contributed by atoms with Crippen LogP contribution in [0.5, 0.6) is 0 Å². The number of ether oxygens (including phenoxy) is 1. The van der Waals surface area contributed by atoms with Crippen LogP contribution < -0.4 is 0 Å². The fourth-order valence-corrected chi connectivity index (χ4v) is 12.9. The molecule has 3 fully saturated rings. The number of allylic oxidation sites excluding steroid dienone is 14. The highest BCUT2D eigenvalue weighted by molar-refractivity contribution is 5.56. The maximum Gasteiger partial charge on any atom is 0.125 e. The molecule has 1 aliphatic heterocycles. The van der Waals surface area contributed by atoms with E-state index in [0.717, 1.165) is 31.1 Å². The maximum atomic E-state index is 6.90. The highest BCUT2D eigenvalue weighted by atomic mass is 16.5. The van der Waals surface area contributed by atoms with E-state index in [1.807, 2.05) is 5.57 Å². The van der Waals surface area contributed by atoms with E-state index in [4.69, 9.17) is 4.74 Å². The van der Waals surface area contributed by atoms with Gasteiger partial charge in [-0.1, -0.05) is 91.5 Å². The Hall–Kier alpha value is -3.00. The summed E-state index contributed by atoms with van der Waals surface area (Å²) in [6, 6.07) is 0.439. The number of rotatable bonds is 3. The third-order valence-electron chi connectivity index (χ3n) is 14.6. The molecular weight excluding hydrogens is 571 g/mol. The first-order valence-electron chi connectivity index (χ1n) is 19.7. The van der Waals surface area contributed by atoms with Gasteiger partial charge in [-0.3, -0.25) is 0 Å². The van der Waals surface area contributed by atoms with Crippen molar-refractivity contribution in [1.29, 1.82) is 0 Å². The Labute approximate surface area is 283 Å². The summed E-state index contributed by atoms with van der Waals surface area (Å²) in [6.07, 6.45) is 53.2. The summed E-state index contributed by atoms with van der Waals surface area (Å²) in [5, 5.41) is 0. The van der Waals surface area contributed by atoms with E-state index >= 15 is 0 Å². The minimum absolute atomic E-state index is 0.119. The van der Waals surface area contributed by atoms with E-state index in [2.05, 4.69) is 83.9 Å². The van der Waals surface area contributed by atoms with E-state index in [1.165, 1.54) is 94.9 Å². The Kier molecular flexibility index (Phi) is 7.12. The summed E-state index contributed by atoms with van der Waals surface area (Å²) in [5.41, 5.74) is 10.2. The molecular formula is C45H53NO. The Morgan fingerprint density at radius 1 is 0.745 bits per heavy atom. The van der Waals surface area contributed by atoms with Crippen LogP contribution in [0, 0.1) is 40.9 Å². The maximum absolute atomic E-state index is 6.90. The van der Waals surface area contributed by atoms with Crippen LogP contribution in [0.25, 0.3) is 0 Å². The Morgan fingerprint density at radius 3 is 2.62 bits per heavy atom. The molecule has 1 heterocycles.